The molecule has 0 amide bonds. The summed E-state index contributed by atoms with van der Waals surface area (Å²) in [4.78, 5) is 19.4. The molecule has 0 N–H and O–H groups in total. The van der Waals surface area contributed by atoms with Crippen molar-refractivity contribution < 1.29 is 0 Å². The second-order valence-electron chi connectivity index (χ2n) is 10.9. The first-order valence-electron chi connectivity index (χ1n) is 14.9. The summed E-state index contributed by atoms with van der Waals surface area (Å²) in [5.41, 5.74) is 7.06. The highest BCUT2D eigenvalue weighted by atomic mass is 15.0. The van der Waals surface area contributed by atoms with Crippen molar-refractivity contribution in [2.24, 2.45) is 0 Å². The molecule has 214 valence electrons. The van der Waals surface area contributed by atoms with E-state index in [-0.39, 0.29) is 0 Å². The summed E-state index contributed by atoms with van der Waals surface area (Å²) in [6.07, 6.45) is 11.3. The van der Waals surface area contributed by atoms with Gasteiger partial charge in [0.2, 0.25) is 0 Å². The van der Waals surface area contributed by atoms with E-state index in [0.29, 0.717) is 17.5 Å². The first-order valence-corrected chi connectivity index (χ1v) is 14.9. The average Bonchev–Trinajstić information content (AvgIpc) is 3.11. The van der Waals surface area contributed by atoms with E-state index in [1.807, 2.05) is 67.7 Å². The summed E-state index contributed by atoms with van der Waals surface area (Å²) in [6.45, 7) is 5.79. The number of aromatic nitrogens is 4. The van der Waals surface area contributed by atoms with Crippen LogP contribution in [0.25, 0.3) is 72.1 Å². The van der Waals surface area contributed by atoms with Gasteiger partial charge in [0.05, 0.1) is 0 Å². The summed E-state index contributed by atoms with van der Waals surface area (Å²) in [5, 5.41) is 4.85. The molecule has 7 aromatic rings. The Balaban J connectivity index is 1.50. The van der Waals surface area contributed by atoms with Gasteiger partial charge in [-0.15, -0.1) is 0 Å². The predicted molar refractivity (Wildman–Crippen MR) is 187 cm³/mol. The zero-order chi connectivity index (χ0) is 30.6. The summed E-state index contributed by atoms with van der Waals surface area (Å²) in [7, 11) is 0. The van der Waals surface area contributed by atoms with Gasteiger partial charge in [0.15, 0.2) is 17.5 Å². The van der Waals surface area contributed by atoms with E-state index in [9.17, 15) is 0 Å². The monoisotopic (exact) mass is 578 g/mol. The fourth-order valence-corrected chi connectivity index (χ4v) is 5.66. The molecule has 7 rings (SSSR count). The largest absolute Gasteiger partial charge is 0.264 e. The Bertz CT molecular complexity index is 2230. The maximum absolute atomic E-state index is 5.04. The fourth-order valence-electron chi connectivity index (χ4n) is 5.66. The van der Waals surface area contributed by atoms with Crippen LogP contribution in [0.2, 0.25) is 0 Å². The number of benzene rings is 5. The number of rotatable bonds is 7. The highest BCUT2D eigenvalue weighted by molar-refractivity contribution is 6.14. The van der Waals surface area contributed by atoms with Gasteiger partial charge in [-0.25, -0.2) is 15.0 Å². The number of hydrogen-bond donors (Lipinski definition) is 0. The molecule has 0 fully saturated rings. The van der Waals surface area contributed by atoms with Crippen molar-refractivity contribution in [3.05, 3.63) is 164 Å². The highest BCUT2D eigenvalue weighted by Gasteiger charge is 2.16. The second kappa shape index (κ2) is 12.3. The van der Waals surface area contributed by atoms with Crippen LogP contribution in [0.1, 0.15) is 12.7 Å². The molecule has 2 heterocycles. The molecule has 0 spiro atoms. The maximum atomic E-state index is 5.04. The Kier molecular flexibility index (Phi) is 7.61. The third kappa shape index (κ3) is 5.69. The van der Waals surface area contributed by atoms with Gasteiger partial charge >= 0.3 is 0 Å². The molecule has 0 bridgehead atoms. The van der Waals surface area contributed by atoms with Gasteiger partial charge in [0.1, 0.15) is 0 Å². The number of pyridine rings is 1. The van der Waals surface area contributed by atoms with Crippen LogP contribution in [-0.4, -0.2) is 19.9 Å². The SMILES string of the molecule is C=C/C=C\C=C(/C)c1nc(-c2ccccc2)nc(-c2cc(-c3cccnc3)cc(-c3cc4ccccc4c4ccccc34)c2)n1. The van der Waals surface area contributed by atoms with E-state index in [1.54, 1.807) is 12.3 Å². The summed E-state index contributed by atoms with van der Waals surface area (Å²) in [6, 6.07) is 40.1. The molecular formula is C41H30N4. The molecule has 0 unspecified atom stereocenters. The molecule has 45 heavy (non-hydrogen) atoms. The standard InChI is InChI=1S/C41H30N4/c1-3-4-6-14-28(2)39-43-40(29-15-7-5-8-16-29)45-41(44-39)34-24-32(31-18-13-22-42-27-31)23-33(25-34)38-26-30-17-9-10-19-35(30)36-20-11-12-21-37(36)38/h3-27H,1H2,2H3/b6-4-,28-14+. The lowest BCUT2D eigenvalue weighted by atomic mass is 9.90. The van der Waals surface area contributed by atoms with E-state index in [0.717, 1.165) is 39.0 Å². The molecule has 0 radical (unpaired) electrons. The van der Waals surface area contributed by atoms with Crippen LogP contribution in [0.5, 0.6) is 0 Å². The van der Waals surface area contributed by atoms with E-state index in [4.69, 9.17) is 15.0 Å². The molecule has 2 aromatic heterocycles. The van der Waals surface area contributed by atoms with Crippen molar-refractivity contribution in [1.29, 1.82) is 0 Å². The predicted octanol–water partition coefficient (Wildman–Crippen LogP) is 10.4. The maximum Gasteiger partial charge on any atom is 0.164 e. The third-order valence-electron chi connectivity index (χ3n) is 7.88. The smallest absolute Gasteiger partial charge is 0.164 e. The van der Waals surface area contributed by atoms with Gasteiger partial charge in [-0.1, -0.05) is 116 Å². The Morgan fingerprint density at radius 2 is 1.24 bits per heavy atom. The second-order valence-corrected chi connectivity index (χ2v) is 10.9. The molecule has 0 aliphatic heterocycles. The molecule has 0 atom stereocenters. The molecule has 4 nitrogen and oxygen atoms in total. The zero-order valence-corrected chi connectivity index (χ0v) is 24.9. The van der Waals surface area contributed by atoms with Crippen LogP contribution in [0.3, 0.4) is 0 Å². The summed E-state index contributed by atoms with van der Waals surface area (Å²) in [5.74, 6) is 1.86. The third-order valence-corrected chi connectivity index (χ3v) is 7.88. The Labute approximate surface area is 262 Å². The van der Waals surface area contributed by atoms with Crippen molar-refractivity contribution in [2.45, 2.75) is 6.92 Å². The Morgan fingerprint density at radius 1 is 0.578 bits per heavy atom. The first kappa shape index (κ1) is 27.8. The minimum atomic E-state index is 0.608. The van der Waals surface area contributed by atoms with Crippen LogP contribution in [0.15, 0.2) is 159 Å². The number of nitrogens with zero attached hydrogens (tertiary/aromatic N) is 4. The van der Waals surface area contributed by atoms with Gasteiger partial charge < -0.3 is 0 Å². The number of hydrogen-bond acceptors (Lipinski definition) is 4. The van der Waals surface area contributed by atoms with Gasteiger partial charge in [-0.05, 0) is 81.1 Å². The lowest BCUT2D eigenvalue weighted by Gasteiger charge is -2.15. The van der Waals surface area contributed by atoms with Crippen LogP contribution >= 0.6 is 0 Å². The first-order chi connectivity index (χ1) is 22.2. The topological polar surface area (TPSA) is 51.6 Å². The molecule has 4 heteroatoms. The van der Waals surface area contributed by atoms with Gasteiger partial charge in [-0.3, -0.25) is 4.98 Å². The van der Waals surface area contributed by atoms with Crippen molar-refractivity contribution in [1.82, 2.24) is 19.9 Å². The van der Waals surface area contributed by atoms with E-state index in [2.05, 4.69) is 90.4 Å². The van der Waals surface area contributed by atoms with Crippen LogP contribution in [0.4, 0.5) is 0 Å². The summed E-state index contributed by atoms with van der Waals surface area (Å²) >= 11 is 0. The van der Waals surface area contributed by atoms with Gasteiger partial charge in [-0.2, -0.15) is 0 Å². The highest BCUT2D eigenvalue weighted by Crippen LogP contribution is 2.38. The Hall–Kier alpha value is -6.00. The molecule has 0 aliphatic carbocycles. The molecule has 0 saturated carbocycles. The molecule has 0 saturated heterocycles. The van der Waals surface area contributed by atoms with Crippen LogP contribution in [0, 0.1) is 0 Å². The van der Waals surface area contributed by atoms with Crippen molar-refractivity contribution in [3.8, 4) is 45.0 Å². The minimum absolute atomic E-state index is 0.608. The van der Waals surface area contributed by atoms with Crippen molar-refractivity contribution >= 4 is 27.1 Å². The van der Waals surface area contributed by atoms with Crippen LogP contribution in [-0.2, 0) is 0 Å². The minimum Gasteiger partial charge on any atom is -0.264 e. The quantitative estimate of drug-likeness (QED) is 0.139. The molecule has 5 aromatic carbocycles. The summed E-state index contributed by atoms with van der Waals surface area (Å²) < 4.78 is 0. The lowest BCUT2D eigenvalue weighted by molar-refractivity contribution is 1.03. The number of allylic oxidation sites excluding steroid dienone is 5. The normalized spacial score (nSPS) is 11.8. The van der Waals surface area contributed by atoms with Crippen LogP contribution < -0.4 is 0 Å². The van der Waals surface area contributed by atoms with E-state index < -0.39 is 0 Å². The average molecular weight is 579 g/mol. The molecule has 0 aliphatic rings. The Morgan fingerprint density at radius 3 is 2.02 bits per heavy atom. The van der Waals surface area contributed by atoms with E-state index in [1.165, 1.54) is 21.5 Å². The fraction of sp³-hybridized carbons (Fsp3) is 0.0244. The number of fused-ring (bicyclic) bond motifs is 3. The zero-order valence-electron chi connectivity index (χ0n) is 24.9. The van der Waals surface area contributed by atoms with Gasteiger partial charge in [0.25, 0.3) is 0 Å². The van der Waals surface area contributed by atoms with Gasteiger partial charge in [0, 0.05) is 29.1 Å². The molecular weight excluding hydrogens is 548 g/mol. The van der Waals surface area contributed by atoms with E-state index >= 15 is 0 Å². The lowest BCUT2D eigenvalue weighted by Crippen LogP contribution is -2.02. The van der Waals surface area contributed by atoms with Crippen molar-refractivity contribution in [3.63, 3.8) is 0 Å². The van der Waals surface area contributed by atoms with Crippen molar-refractivity contribution in [2.75, 3.05) is 0 Å².